The summed E-state index contributed by atoms with van der Waals surface area (Å²) >= 11 is 0. The van der Waals surface area contributed by atoms with Crippen LogP contribution < -0.4 is 11.1 Å². The minimum atomic E-state index is -0.215. The maximum absolute atomic E-state index is 12.7. The average Bonchev–Trinajstić information content (AvgIpc) is 3.35. The summed E-state index contributed by atoms with van der Waals surface area (Å²) < 4.78 is 2.09. The van der Waals surface area contributed by atoms with Crippen molar-refractivity contribution in [3.05, 3.63) is 108 Å². The van der Waals surface area contributed by atoms with Crippen LogP contribution in [-0.2, 0) is 6.54 Å². The number of rotatable bonds is 6. The summed E-state index contributed by atoms with van der Waals surface area (Å²) in [5.74, 6) is 2.01. The van der Waals surface area contributed by atoms with E-state index in [1.165, 1.54) is 5.56 Å². The van der Waals surface area contributed by atoms with Crippen molar-refractivity contribution in [1.82, 2.24) is 24.3 Å². The van der Waals surface area contributed by atoms with Gasteiger partial charge in [-0.05, 0) is 49.2 Å². The first kappa shape index (κ1) is 23.8. The van der Waals surface area contributed by atoms with Crippen LogP contribution in [0.2, 0.25) is 0 Å². The molecule has 0 aliphatic carbocycles. The molecule has 1 aliphatic heterocycles. The number of pyridine rings is 1. The molecular weight excluding hydrogens is 474 g/mol. The predicted molar refractivity (Wildman–Crippen MR) is 149 cm³/mol. The predicted octanol–water partition coefficient (Wildman–Crippen LogP) is 5.01. The third-order valence-electron chi connectivity index (χ3n) is 7.06. The summed E-state index contributed by atoms with van der Waals surface area (Å²) in [5.41, 5.74) is 10.7. The van der Waals surface area contributed by atoms with Gasteiger partial charge in [-0.1, -0.05) is 48.5 Å². The lowest BCUT2D eigenvalue weighted by atomic mass is 9.96. The number of nitrogen functional groups attached to an aromatic ring is 1. The Balaban J connectivity index is 1.28. The SMILES string of the molecule is Nc1nccn2c([C@@H]3CCCN(Cc4ccccc4)C3)nc(-c3ccc(C(=O)Nc4ccccn4)cc3)c12. The van der Waals surface area contributed by atoms with Gasteiger partial charge >= 0.3 is 0 Å². The van der Waals surface area contributed by atoms with Crippen LogP contribution in [0.1, 0.15) is 40.5 Å². The number of nitrogens with one attached hydrogen (secondary N) is 1. The molecule has 4 heterocycles. The van der Waals surface area contributed by atoms with Gasteiger partial charge in [-0.15, -0.1) is 0 Å². The van der Waals surface area contributed by atoms with Crippen LogP contribution in [0.4, 0.5) is 11.6 Å². The Bertz CT molecular complexity index is 1550. The van der Waals surface area contributed by atoms with Gasteiger partial charge in [0.2, 0.25) is 0 Å². The summed E-state index contributed by atoms with van der Waals surface area (Å²) in [5, 5.41) is 2.82. The molecule has 0 bridgehead atoms. The average molecular weight is 504 g/mol. The van der Waals surface area contributed by atoms with E-state index in [9.17, 15) is 4.79 Å². The number of carbonyl (C=O) groups excluding carboxylic acids is 1. The third kappa shape index (κ3) is 4.86. The maximum Gasteiger partial charge on any atom is 0.256 e. The molecule has 38 heavy (non-hydrogen) atoms. The van der Waals surface area contributed by atoms with Gasteiger partial charge in [0.25, 0.3) is 5.91 Å². The first-order valence-corrected chi connectivity index (χ1v) is 12.9. The number of hydrogen-bond donors (Lipinski definition) is 2. The fraction of sp³-hybridized carbons (Fsp3) is 0.200. The molecule has 1 aliphatic rings. The van der Waals surface area contributed by atoms with E-state index in [0.717, 1.165) is 55.1 Å². The summed E-state index contributed by atoms with van der Waals surface area (Å²) in [4.78, 5) is 28.8. The van der Waals surface area contributed by atoms with E-state index in [4.69, 9.17) is 10.7 Å². The molecule has 1 amide bonds. The molecule has 0 saturated carbocycles. The van der Waals surface area contributed by atoms with Gasteiger partial charge in [-0.3, -0.25) is 14.1 Å². The van der Waals surface area contributed by atoms with Crippen LogP contribution in [0, 0.1) is 0 Å². The van der Waals surface area contributed by atoms with Crippen LogP contribution in [0.3, 0.4) is 0 Å². The van der Waals surface area contributed by atoms with Crippen LogP contribution in [0.25, 0.3) is 16.8 Å². The first-order chi connectivity index (χ1) is 18.7. The van der Waals surface area contributed by atoms with Crippen molar-refractivity contribution in [2.24, 2.45) is 0 Å². The number of likely N-dealkylation sites (tertiary alicyclic amines) is 1. The molecule has 8 nitrogen and oxygen atoms in total. The molecule has 0 spiro atoms. The molecule has 3 aromatic heterocycles. The van der Waals surface area contributed by atoms with Crippen molar-refractivity contribution in [2.45, 2.75) is 25.3 Å². The molecular formula is C30H29N7O. The number of amides is 1. The zero-order valence-electron chi connectivity index (χ0n) is 21.0. The van der Waals surface area contributed by atoms with Gasteiger partial charge in [-0.2, -0.15) is 0 Å². The Morgan fingerprint density at radius 3 is 2.58 bits per heavy atom. The third-order valence-corrected chi connectivity index (χ3v) is 7.06. The molecule has 6 rings (SSSR count). The van der Waals surface area contributed by atoms with Crippen LogP contribution in [0.15, 0.2) is 91.4 Å². The smallest absolute Gasteiger partial charge is 0.256 e. The van der Waals surface area contributed by atoms with E-state index in [-0.39, 0.29) is 11.8 Å². The molecule has 1 fully saturated rings. The van der Waals surface area contributed by atoms with Crippen molar-refractivity contribution >= 4 is 23.1 Å². The Hall–Kier alpha value is -4.56. The quantitative estimate of drug-likeness (QED) is 0.338. The largest absolute Gasteiger partial charge is 0.382 e. The highest BCUT2D eigenvalue weighted by Crippen LogP contribution is 2.34. The minimum Gasteiger partial charge on any atom is -0.382 e. The molecule has 1 saturated heterocycles. The van der Waals surface area contributed by atoms with E-state index < -0.39 is 0 Å². The number of nitrogens with two attached hydrogens (primary N) is 1. The first-order valence-electron chi connectivity index (χ1n) is 12.9. The topological polar surface area (TPSA) is 101 Å². The Morgan fingerprint density at radius 2 is 1.79 bits per heavy atom. The highest BCUT2D eigenvalue weighted by atomic mass is 16.1. The summed E-state index contributed by atoms with van der Waals surface area (Å²) in [6, 6.07) is 23.4. The number of aromatic nitrogens is 4. The van der Waals surface area contributed by atoms with Crippen molar-refractivity contribution in [1.29, 1.82) is 0 Å². The van der Waals surface area contributed by atoms with Crippen molar-refractivity contribution < 1.29 is 4.79 Å². The van der Waals surface area contributed by atoms with Gasteiger partial charge < -0.3 is 11.1 Å². The maximum atomic E-state index is 12.7. The van der Waals surface area contributed by atoms with Crippen LogP contribution in [-0.4, -0.2) is 43.2 Å². The van der Waals surface area contributed by atoms with E-state index >= 15 is 0 Å². The van der Waals surface area contributed by atoms with Gasteiger partial charge in [0, 0.05) is 48.7 Å². The van der Waals surface area contributed by atoms with Gasteiger partial charge in [-0.25, -0.2) is 15.0 Å². The van der Waals surface area contributed by atoms with Gasteiger partial charge in [0.1, 0.15) is 28.7 Å². The van der Waals surface area contributed by atoms with Crippen molar-refractivity contribution in [3.63, 3.8) is 0 Å². The second-order valence-corrected chi connectivity index (χ2v) is 9.66. The normalized spacial score (nSPS) is 15.9. The fourth-order valence-corrected chi connectivity index (χ4v) is 5.23. The molecule has 2 aromatic carbocycles. The number of hydrogen-bond acceptors (Lipinski definition) is 6. The zero-order chi connectivity index (χ0) is 25.9. The van der Waals surface area contributed by atoms with Crippen molar-refractivity contribution in [2.75, 3.05) is 24.1 Å². The Kier molecular flexibility index (Phi) is 6.54. The number of anilines is 2. The Morgan fingerprint density at radius 1 is 0.974 bits per heavy atom. The number of benzene rings is 2. The minimum absolute atomic E-state index is 0.215. The summed E-state index contributed by atoms with van der Waals surface area (Å²) in [7, 11) is 0. The lowest BCUT2D eigenvalue weighted by Crippen LogP contribution is -2.34. The van der Waals surface area contributed by atoms with E-state index in [0.29, 0.717) is 17.2 Å². The van der Waals surface area contributed by atoms with Gasteiger partial charge in [0.05, 0.1) is 0 Å². The molecule has 0 unspecified atom stereocenters. The Labute approximate surface area is 221 Å². The molecule has 5 aromatic rings. The molecule has 8 heteroatoms. The second kappa shape index (κ2) is 10.4. The van der Waals surface area contributed by atoms with Gasteiger partial charge in [0.15, 0.2) is 0 Å². The fourth-order valence-electron chi connectivity index (χ4n) is 5.23. The van der Waals surface area contributed by atoms with E-state index in [1.807, 2.05) is 30.5 Å². The highest BCUT2D eigenvalue weighted by Gasteiger charge is 2.27. The lowest BCUT2D eigenvalue weighted by molar-refractivity contribution is 0.102. The summed E-state index contributed by atoms with van der Waals surface area (Å²) in [6.45, 7) is 2.94. The monoisotopic (exact) mass is 503 g/mol. The number of nitrogens with zero attached hydrogens (tertiary/aromatic N) is 5. The zero-order valence-corrected chi connectivity index (χ0v) is 21.0. The molecule has 1 atom stereocenters. The van der Waals surface area contributed by atoms with Crippen LogP contribution in [0.5, 0.6) is 0 Å². The number of fused-ring (bicyclic) bond motifs is 1. The molecule has 190 valence electrons. The number of carbonyl (C=O) groups is 1. The molecule has 3 N–H and O–H groups in total. The highest BCUT2D eigenvalue weighted by molar-refractivity contribution is 6.04. The van der Waals surface area contributed by atoms with Crippen LogP contribution >= 0.6 is 0 Å². The lowest BCUT2D eigenvalue weighted by Gasteiger charge is -2.32. The van der Waals surface area contributed by atoms with E-state index in [1.54, 1.807) is 30.6 Å². The molecule has 0 radical (unpaired) electrons. The summed E-state index contributed by atoms with van der Waals surface area (Å²) in [6.07, 6.45) is 7.50. The standard InChI is InChI=1S/C30H29N7O/c31-28-27-26(22-11-13-23(14-12-22)30(38)34-25-10-4-5-15-32-25)35-29(37(27)18-16-33-28)24-9-6-17-36(20-24)19-21-7-2-1-3-8-21/h1-5,7-8,10-16,18,24H,6,9,17,19-20H2,(H2,31,33)(H,32,34,38)/t24-/m1/s1. The second-order valence-electron chi connectivity index (χ2n) is 9.66. The van der Waals surface area contributed by atoms with E-state index in [2.05, 4.69) is 54.9 Å². The number of piperidine rings is 1. The van der Waals surface area contributed by atoms with Crippen molar-refractivity contribution in [3.8, 4) is 11.3 Å². The number of imidazole rings is 1.